The first kappa shape index (κ1) is 14.8. The molecule has 0 saturated carbocycles. The number of carbonyl (C=O) groups is 2. The Balaban J connectivity index is 1.90. The highest BCUT2D eigenvalue weighted by atomic mass is 32.1. The van der Waals surface area contributed by atoms with Gasteiger partial charge in [0.2, 0.25) is 5.91 Å². The highest BCUT2D eigenvalue weighted by Crippen LogP contribution is 2.21. The molecule has 1 aromatic heterocycles. The average molecular weight is 296 g/mol. The first-order valence-corrected chi connectivity index (χ1v) is 7.41. The Kier molecular flexibility index (Phi) is 4.61. The molecule has 2 rings (SSSR count). The molecule has 1 aromatic rings. The minimum absolute atomic E-state index is 0.0304. The molecule has 7 heteroatoms. The third-order valence-electron chi connectivity index (χ3n) is 3.26. The van der Waals surface area contributed by atoms with Gasteiger partial charge in [0.1, 0.15) is 4.88 Å². The fourth-order valence-electron chi connectivity index (χ4n) is 2.17. The number of carbonyl (C=O) groups excluding carboxylic acids is 2. The molecule has 1 fully saturated rings. The molecule has 1 saturated heterocycles. The van der Waals surface area contributed by atoms with E-state index in [0.29, 0.717) is 43.3 Å². The molecule has 2 heterocycles. The molecule has 0 aromatic carbocycles. The van der Waals surface area contributed by atoms with Gasteiger partial charge in [0.25, 0.3) is 5.91 Å². The van der Waals surface area contributed by atoms with Crippen LogP contribution >= 0.6 is 11.3 Å². The van der Waals surface area contributed by atoms with Crippen LogP contribution in [0.2, 0.25) is 0 Å². The number of anilines is 1. The lowest BCUT2D eigenvalue weighted by Crippen LogP contribution is -2.52. The van der Waals surface area contributed by atoms with Gasteiger partial charge in [-0.3, -0.25) is 9.59 Å². The number of nitrogen functional groups attached to an aromatic ring is 1. The van der Waals surface area contributed by atoms with Crippen LogP contribution in [0, 0.1) is 0 Å². The summed E-state index contributed by atoms with van der Waals surface area (Å²) in [4.78, 5) is 30.2. The maximum absolute atomic E-state index is 12.3. The Labute approximate surface area is 122 Å². The molecule has 0 radical (unpaired) electrons. The zero-order valence-electron chi connectivity index (χ0n) is 11.8. The van der Waals surface area contributed by atoms with E-state index < -0.39 is 0 Å². The first-order valence-electron chi connectivity index (χ1n) is 6.54. The van der Waals surface area contributed by atoms with Crippen molar-refractivity contribution in [2.45, 2.75) is 0 Å². The Bertz CT molecular complexity index is 492. The Morgan fingerprint density at radius 1 is 1.25 bits per heavy atom. The number of thiophene rings is 1. The normalized spacial score (nSPS) is 15.8. The van der Waals surface area contributed by atoms with Crippen molar-refractivity contribution in [2.75, 3.05) is 52.6 Å². The predicted octanol–water partition coefficient (Wildman–Crippen LogP) is 0.176. The van der Waals surface area contributed by atoms with Gasteiger partial charge in [-0.1, -0.05) is 0 Å². The lowest BCUT2D eigenvalue weighted by molar-refractivity contribution is -0.133. The van der Waals surface area contributed by atoms with E-state index in [0.717, 1.165) is 0 Å². The van der Waals surface area contributed by atoms with Gasteiger partial charge < -0.3 is 20.4 Å². The van der Waals surface area contributed by atoms with E-state index in [2.05, 4.69) is 0 Å². The van der Waals surface area contributed by atoms with Crippen LogP contribution in [0.25, 0.3) is 0 Å². The van der Waals surface area contributed by atoms with Gasteiger partial charge in [-0.2, -0.15) is 0 Å². The lowest BCUT2D eigenvalue weighted by Gasteiger charge is -2.35. The Morgan fingerprint density at radius 2 is 1.85 bits per heavy atom. The van der Waals surface area contributed by atoms with Crippen LogP contribution in [0.3, 0.4) is 0 Å². The molecular formula is C13H20N4O2S. The summed E-state index contributed by atoms with van der Waals surface area (Å²) < 4.78 is 0. The van der Waals surface area contributed by atoms with Crippen molar-refractivity contribution in [1.29, 1.82) is 0 Å². The summed E-state index contributed by atoms with van der Waals surface area (Å²) in [6.07, 6.45) is 0. The van der Waals surface area contributed by atoms with Gasteiger partial charge >= 0.3 is 0 Å². The molecule has 0 atom stereocenters. The summed E-state index contributed by atoms with van der Waals surface area (Å²) in [6.45, 7) is 2.71. The number of hydrogen-bond acceptors (Lipinski definition) is 5. The minimum Gasteiger partial charge on any atom is -0.397 e. The van der Waals surface area contributed by atoms with Crippen LogP contribution in [0.4, 0.5) is 5.69 Å². The fraction of sp³-hybridized carbons (Fsp3) is 0.538. The van der Waals surface area contributed by atoms with Gasteiger partial charge in [-0.15, -0.1) is 11.3 Å². The molecule has 2 N–H and O–H groups in total. The predicted molar refractivity (Wildman–Crippen MR) is 79.8 cm³/mol. The van der Waals surface area contributed by atoms with Gasteiger partial charge in [0.05, 0.1) is 12.2 Å². The molecule has 0 aliphatic carbocycles. The second-order valence-electron chi connectivity index (χ2n) is 5.12. The quantitative estimate of drug-likeness (QED) is 0.863. The molecular weight excluding hydrogens is 276 g/mol. The van der Waals surface area contributed by atoms with E-state index in [1.54, 1.807) is 11.0 Å². The number of nitrogens with zero attached hydrogens (tertiary/aromatic N) is 3. The number of likely N-dealkylation sites (N-methyl/N-ethyl adjacent to an activating group) is 1. The zero-order chi connectivity index (χ0) is 14.7. The smallest absolute Gasteiger partial charge is 0.266 e. The average Bonchev–Trinajstić information content (AvgIpc) is 2.83. The summed E-state index contributed by atoms with van der Waals surface area (Å²) in [5, 5.41) is 1.82. The monoisotopic (exact) mass is 296 g/mol. The zero-order valence-corrected chi connectivity index (χ0v) is 12.7. The van der Waals surface area contributed by atoms with Crippen LogP contribution in [0.15, 0.2) is 11.4 Å². The Hall–Kier alpha value is -1.60. The number of rotatable bonds is 3. The Morgan fingerprint density at radius 3 is 2.35 bits per heavy atom. The van der Waals surface area contributed by atoms with Crippen molar-refractivity contribution >= 4 is 28.8 Å². The minimum atomic E-state index is -0.0304. The van der Waals surface area contributed by atoms with Gasteiger partial charge in [0, 0.05) is 26.2 Å². The second kappa shape index (κ2) is 6.23. The summed E-state index contributed by atoms with van der Waals surface area (Å²) in [5.41, 5.74) is 6.30. The van der Waals surface area contributed by atoms with Gasteiger partial charge in [0.15, 0.2) is 0 Å². The molecule has 110 valence electrons. The van der Waals surface area contributed by atoms with E-state index in [-0.39, 0.29) is 11.8 Å². The number of nitrogens with two attached hydrogens (primary N) is 1. The standard InChI is InChI=1S/C13H20N4O2S/c1-15(2)9-11(18)16-4-6-17(7-5-16)13(19)12-10(14)3-8-20-12/h3,8H,4-7,9,14H2,1-2H3. The maximum Gasteiger partial charge on any atom is 0.266 e. The van der Waals surface area contributed by atoms with Crippen LogP contribution < -0.4 is 5.73 Å². The van der Waals surface area contributed by atoms with Gasteiger partial charge in [-0.05, 0) is 25.5 Å². The van der Waals surface area contributed by atoms with E-state index in [1.165, 1.54) is 11.3 Å². The third kappa shape index (κ3) is 3.29. The van der Waals surface area contributed by atoms with E-state index in [1.807, 2.05) is 29.3 Å². The lowest BCUT2D eigenvalue weighted by atomic mass is 10.2. The summed E-state index contributed by atoms with van der Waals surface area (Å²) in [6, 6.07) is 1.74. The largest absolute Gasteiger partial charge is 0.397 e. The molecule has 0 unspecified atom stereocenters. The van der Waals surface area contributed by atoms with Crippen molar-refractivity contribution in [3.8, 4) is 0 Å². The topological polar surface area (TPSA) is 69.9 Å². The molecule has 0 spiro atoms. The molecule has 6 nitrogen and oxygen atoms in total. The highest BCUT2D eigenvalue weighted by Gasteiger charge is 2.26. The second-order valence-corrected chi connectivity index (χ2v) is 6.03. The van der Waals surface area contributed by atoms with E-state index in [4.69, 9.17) is 5.73 Å². The summed E-state index contributed by atoms with van der Waals surface area (Å²) >= 11 is 1.36. The van der Waals surface area contributed by atoms with Crippen molar-refractivity contribution in [3.05, 3.63) is 16.3 Å². The number of hydrogen-bond donors (Lipinski definition) is 1. The van der Waals surface area contributed by atoms with Crippen LogP contribution in [-0.4, -0.2) is 73.3 Å². The summed E-state index contributed by atoms with van der Waals surface area (Å²) in [7, 11) is 3.74. The van der Waals surface area contributed by atoms with Gasteiger partial charge in [-0.25, -0.2) is 0 Å². The SMILES string of the molecule is CN(C)CC(=O)N1CCN(C(=O)c2sccc2N)CC1. The molecule has 0 bridgehead atoms. The first-order chi connectivity index (χ1) is 9.49. The molecule has 1 aliphatic heterocycles. The molecule has 20 heavy (non-hydrogen) atoms. The van der Waals surface area contributed by atoms with Crippen LogP contribution in [-0.2, 0) is 4.79 Å². The number of amides is 2. The van der Waals surface area contributed by atoms with Crippen molar-refractivity contribution < 1.29 is 9.59 Å². The maximum atomic E-state index is 12.3. The van der Waals surface area contributed by atoms with Crippen LogP contribution in [0.5, 0.6) is 0 Å². The third-order valence-corrected chi connectivity index (χ3v) is 4.18. The van der Waals surface area contributed by atoms with Crippen molar-refractivity contribution in [3.63, 3.8) is 0 Å². The highest BCUT2D eigenvalue weighted by molar-refractivity contribution is 7.12. The van der Waals surface area contributed by atoms with E-state index >= 15 is 0 Å². The fourth-order valence-corrected chi connectivity index (χ4v) is 2.95. The molecule has 1 aliphatic rings. The van der Waals surface area contributed by atoms with Crippen molar-refractivity contribution in [2.24, 2.45) is 0 Å². The summed E-state index contributed by atoms with van der Waals surface area (Å²) in [5.74, 6) is 0.0787. The van der Waals surface area contributed by atoms with E-state index in [9.17, 15) is 9.59 Å². The number of piperazine rings is 1. The van der Waals surface area contributed by atoms with Crippen LogP contribution in [0.1, 0.15) is 9.67 Å². The molecule has 2 amide bonds. The van der Waals surface area contributed by atoms with Crippen molar-refractivity contribution in [1.82, 2.24) is 14.7 Å².